The van der Waals surface area contributed by atoms with Crippen LogP contribution in [0.4, 0.5) is 5.82 Å². The third kappa shape index (κ3) is 1.52. The molecule has 0 saturated carbocycles. The molecule has 5 nitrogen and oxygen atoms in total. The van der Waals surface area contributed by atoms with Crippen molar-refractivity contribution in [1.29, 1.82) is 0 Å². The number of nitrogens with zero attached hydrogens (tertiary/aromatic N) is 2. The van der Waals surface area contributed by atoms with Gasteiger partial charge in [-0.25, -0.2) is 4.98 Å². The first-order chi connectivity index (χ1) is 7.93. The van der Waals surface area contributed by atoms with Gasteiger partial charge in [0.2, 0.25) is 0 Å². The van der Waals surface area contributed by atoms with Gasteiger partial charge >= 0.3 is 0 Å². The Morgan fingerprint density at radius 2 is 2.38 bits per heavy atom. The molecule has 0 bridgehead atoms. The number of aromatic amines is 1. The van der Waals surface area contributed by atoms with Crippen molar-refractivity contribution in [2.75, 3.05) is 5.32 Å². The lowest BCUT2D eigenvalue weighted by molar-refractivity contribution is 0.518. The highest BCUT2D eigenvalue weighted by molar-refractivity contribution is 5.88. The number of pyridine rings is 1. The molecule has 80 valence electrons. The van der Waals surface area contributed by atoms with Gasteiger partial charge in [-0.05, 0) is 18.2 Å². The number of aromatic nitrogens is 3. The predicted octanol–water partition coefficient (Wildman–Crippen LogP) is 2.16. The van der Waals surface area contributed by atoms with Gasteiger partial charge in [0.25, 0.3) is 0 Å². The Morgan fingerprint density at radius 3 is 3.25 bits per heavy atom. The number of fused-ring (bicyclic) bond motifs is 1. The molecule has 0 aliphatic carbocycles. The normalized spacial score (nSPS) is 10.8. The molecule has 16 heavy (non-hydrogen) atoms. The van der Waals surface area contributed by atoms with E-state index in [1.165, 1.54) is 0 Å². The molecule has 3 aromatic rings. The summed E-state index contributed by atoms with van der Waals surface area (Å²) in [5, 5.41) is 11.1. The van der Waals surface area contributed by atoms with E-state index in [4.69, 9.17) is 4.42 Å². The number of rotatable bonds is 3. The van der Waals surface area contributed by atoms with Gasteiger partial charge in [0.05, 0.1) is 29.9 Å². The lowest BCUT2D eigenvalue weighted by Crippen LogP contribution is -2.00. The van der Waals surface area contributed by atoms with Gasteiger partial charge in [0.1, 0.15) is 11.6 Å². The second-order valence-corrected chi connectivity index (χ2v) is 3.42. The molecular weight excluding hydrogens is 204 g/mol. The van der Waals surface area contributed by atoms with Gasteiger partial charge in [-0.2, -0.15) is 5.10 Å². The van der Waals surface area contributed by atoms with Crippen LogP contribution in [0.1, 0.15) is 5.76 Å². The van der Waals surface area contributed by atoms with E-state index in [1.54, 1.807) is 18.7 Å². The molecule has 0 atom stereocenters. The van der Waals surface area contributed by atoms with Crippen molar-refractivity contribution >= 4 is 16.7 Å². The molecule has 0 aliphatic rings. The van der Waals surface area contributed by atoms with E-state index >= 15 is 0 Å². The minimum Gasteiger partial charge on any atom is -0.467 e. The van der Waals surface area contributed by atoms with Crippen molar-refractivity contribution in [1.82, 2.24) is 15.2 Å². The van der Waals surface area contributed by atoms with Crippen LogP contribution in [0.3, 0.4) is 0 Å². The Labute approximate surface area is 91.5 Å². The van der Waals surface area contributed by atoms with Crippen molar-refractivity contribution in [3.63, 3.8) is 0 Å². The van der Waals surface area contributed by atoms with Crippen molar-refractivity contribution in [3.05, 3.63) is 42.6 Å². The molecule has 0 aromatic carbocycles. The minimum atomic E-state index is 0.615. The summed E-state index contributed by atoms with van der Waals surface area (Å²) in [7, 11) is 0. The summed E-state index contributed by atoms with van der Waals surface area (Å²) < 4.78 is 5.24. The van der Waals surface area contributed by atoms with E-state index in [1.807, 2.05) is 18.2 Å². The van der Waals surface area contributed by atoms with Crippen molar-refractivity contribution in [2.45, 2.75) is 6.54 Å². The van der Waals surface area contributed by atoms with Gasteiger partial charge < -0.3 is 9.73 Å². The van der Waals surface area contributed by atoms with Crippen LogP contribution in [0.2, 0.25) is 0 Å². The molecule has 0 fully saturated rings. The highest BCUT2D eigenvalue weighted by atomic mass is 16.3. The van der Waals surface area contributed by atoms with Gasteiger partial charge in [-0.1, -0.05) is 0 Å². The van der Waals surface area contributed by atoms with Crippen molar-refractivity contribution in [3.8, 4) is 0 Å². The van der Waals surface area contributed by atoms with Crippen LogP contribution in [0.15, 0.2) is 41.3 Å². The Bertz CT molecular complexity index is 585. The molecule has 0 spiro atoms. The molecule has 5 heteroatoms. The second-order valence-electron chi connectivity index (χ2n) is 3.42. The smallest absolute Gasteiger partial charge is 0.137 e. The monoisotopic (exact) mass is 214 g/mol. The molecule has 0 radical (unpaired) electrons. The lowest BCUT2D eigenvalue weighted by Gasteiger charge is -2.03. The largest absolute Gasteiger partial charge is 0.467 e. The first-order valence-corrected chi connectivity index (χ1v) is 4.98. The first kappa shape index (κ1) is 8.96. The summed E-state index contributed by atoms with van der Waals surface area (Å²) in [6.45, 7) is 0.615. The summed E-state index contributed by atoms with van der Waals surface area (Å²) in [5.74, 6) is 1.69. The summed E-state index contributed by atoms with van der Waals surface area (Å²) in [4.78, 5) is 4.27. The fourth-order valence-corrected chi connectivity index (χ4v) is 1.59. The maximum absolute atomic E-state index is 5.24. The van der Waals surface area contributed by atoms with Gasteiger partial charge in [-0.3, -0.25) is 5.10 Å². The van der Waals surface area contributed by atoms with E-state index < -0.39 is 0 Å². The van der Waals surface area contributed by atoms with Crippen molar-refractivity contribution < 1.29 is 4.42 Å². The number of hydrogen-bond acceptors (Lipinski definition) is 4. The predicted molar refractivity (Wildman–Crippen MR) is 59.9 cm³/mol. The Kier molecular flexibility index (Phi) is 2.07. The van der Waals surface area contributed by atoms with Crippen LogP contribution in [0.25, 0.3) is 10.9 Å². The standard InChI is InChI=1S/C11H10N4O/c1-2-8(16-5-1)6-13-11-9-7-14-15-10(9)3-4-12-11/h1-5,7H,6H2,(H,12,13)(H,14,15). The van der Waals surface area contributed by atoms with E-state index in [9.17, 15) is 0 Å². The van der Waals surface area contributed by atoms with Crippen LogP contribution in [-0.2, 0) is 6.54 Å². The molecule has 0 aliphatic heterocycles. The van der Waals surface area contributed by atoms with Crippen LogP contribution < -0.4 is 5.32 Å². The third-order valence-electron chi connectivity index (χ3n) is 2.38. The number of H-pyrrole nitrogens is 1. The number of furan rings is 1. The molecule has 3 aromatic heterocycles. The number of anilines is 1. The molecule has 3 heterocycles. The van der Waals surface area contributed by atoms with E-state index in [-0.39, 0.29) is 0 Å². The fraction of sp³-hybridized carbons (Fsp3) is 0.0909. The summed E-state index contributed by atoms with van der Waals surface area (Å²) in [6, 6.07) is 5.67. The highest BCUT2D eigenvalue weighted by Gasteiger charge is 2.03. The van der Waals surface area contributed by atoms with E-state index in [0.29, 0.717) is 6.54 Å². The number of nitrogens with one attached hydrogen (secondary N) is 2. The second kappa shape index (κ2) is 3.69. The van der Waals surface area contributed by atoms with Gasteiger partial charge in [-0.15, -0.1) is 0 Å². The zero-order chi connectivity index (χ0) is 10.8. The number of hydrogen-bond donors (Lipinski definition) is 2. The quantitative estimate of drug-likeness (QED) is 0.701. The average molecular weight is 214 g/mol. The fourth-order valence-electron chi connectivity index (χ4n) is 1.59. The topological polar surface area (TPSA) is 66.7 Å². The Hall–Kier alpha value is -2.30. The highest BCUT2D eigenvalue weighted by Crippen LogP contribution is 2.18. The Morgan fingerprint density at radius 1 is 1.38 bits per heavy atom. The van der Waals surface area contributed by atoms with E-state index in [0.717, 1.165) is 22.5 Å². The maximum atomic E-state index is 5.24. The SMILES string of the molecule is c1coc(CNc2nccc3[nH]ncc23)c1. The van der Waals surface area contributed by atoms with E-state index in [2.05, 4.69) is 20.5 Å². The van der Waals surface area contributed by atoms with Crippen molar-refractivity contribution in [2.24, 2.45) is 0 Å². The van der Waals surface area contributed by atoms with Gasteiger partial charge in [0.15, 0.2) is 0 Å². The molecule has 0 saturated heterocycles. The minimum absolute atomic E-state index is 0.615. The molecule has 2 N–H and O–H groups in total. The average Bonchev–Trinajstić information content (AvgIpc) is 2.97. The zero-order valence-electron chi connectivity index (χ0n) is 8.47. The first-order valence-electron chi connectivity index (χ1n) is 4.98. The molecule has 0 unspecified atom stereocenters. The maximum Gasteiger partial charge on any atom is 0.137 e. The summed E-state index contributed by atoms with van der Waals surface area (Å²) in [5.41, 5.74) is 0.969. The zero-order valence-corrected chi connectivity index (χ0v) is 8.47. The summed E-state index contributed by atoms with van der Waals surface area (Å²) in [6.07, 6.45) is 5.15. The lowest BCUT2D eigenvalue weighted by atomic mass is 10.3. The van der Waals surface area contributed by atoms with Crippen LogP contribution >= 0.6 is 0 Å². The Balaban J connectivity index is 1.86. The summed E-state index contributed by atoms with van der Waals surface area (Å²) >= 11 is 0. The molecule has 3 rings (SSSR count). The van der Waals surface area contributed by atoms with Crippen LogP contribution in [-0.4, -0.2) is 15.2 Å². The van der Waals surface area contributed by atoms with Crippen LogP contribution in [0, 0.1) is 0 Å². The molecular formula is C11H10N4O. The van der Waals surface area contributed by atoms with Crippen LogP contribution in [0.5, 0.6) is 0 Å². The third-order valence-corrected chi connectivity index (χ3v) is 2.38. The molecule has 0 amide bonds. The van der Waals surface area contributed by atoms with Gasteiger partial charge in [0, 0.05) is 6.20 Å².